The molecule has 1 aliphatic heterocycles. The molecule has 0 N–H and O–H groups in total. The van der Waals surface area contributed by atoms with Crippen LogP contribution in [0.15, 0.2) is 34.1 Å². The first-order chi connectivity index (χ1) is 10.1. The van der Waals surface area contributed by atoms with Crippen LogP contribution < -0.4 is 0 Å². The molecule has 1 amide bonds. The van der Waals surface area contributed by atoms with E-state index in [-0.39, 0.29) is 11.9 Å². The van der Waals surface area contributed by atoms with E-state index >= 15 is 0 Å². The van der Waals surface area contributed by atoms with Crippen molar-refractivity contribution in [2.75, 3.05) is 6.54 Å². The van der Waals surface area contributed by atoms with Crippen molar-refractivity contribution in [1.29, 1.82) is 0 Å². The Morgan fingerprint density at radius 3 is 2.95 bits per heavy atom. The summed E-state index contributed by atoms with van der Waals surface area (Å²) in [6.07, 6.45) is 1.94. The molecule has 0 saturated heterocycles. The molecule has 1 unspecified atom stereocenters. The molecule has 0 saturated carbocycles. The molecule has 1 aromatic carbocycles. The van der Waals surface area contributed by atoms with E-state index in [1.54, 1.807) is 0 Å². The molecule has 1 atom stereocenters. The van der Waals surface area contributed by atoms with Gasteiger partial charge in [-0.2, -0.15) is 0 Å². The van der Waals surface area contributed by atoms with Crippen molar-refractivity contribution in [3.8, 4) is 0 Å². The first-order valence-corrected chi connectivity index (χ1v) is 8.92. The predicted octanol–water partition coefficient (Wildman–Crippen LogP) is 4.97. The van der Waals surface area contributed by atoms with Gasteiger partial charge in [-0.1, -0.05) is 22.9 Å². The minimum Gasteiger partial charge on any atom is -0.331 e. The van der Waals surface area contributed by atoms with Gasteiger partial charge in [-0.15, -0.1) is 11.3 Å². The molecular formula is C17H18BrNOS. The van der Waals surface area contributed by atoms with Gasteiger partial charge in [0.25, 0.3) is 5.91 Å². The maximum absolute atomic E-state index is 12.9. The van der Waals surface area contributed by atoms with Gasteiger partial charge >= 0.3 is 0 Å². The van der Waals surface area contributed by atoms with Gasteiger partial charge < -0.3 is 4.90 Å². The van der Waals surface area contributed by atoms with Gasteiger partial charge in [-0.05, 0) is 60.5 Å². The van der Waals surface area contributed by atoms with E-state index in [0.29, 0.717) is 0 Å². The van der Waals surface area contributed by atoms with Crippen LogP contribution in [0, 0.1) is 6.92 Å². The van der Waals surface area contributed by atoms with E-state index in [9.17, 15) is 4.79 Å². The Labute approximate surface area is 137 Å². The van der Waals surface area contributed by atoms with E-state index < -0.39 is 0 Å². The Hall–Kier alpha value is -1.13. The van der Waals surface area contributed by atoms with Gasteiger partial charge in [-0.3, -0.25) is 4.79 Å². The molecular weight excluding hydrogens is 346 g/mol. The second-order valence-electron chi connectivity index (χ2n) is 5.44. The standard InChI is InChI=1S/C17H18BrNOS/c1-3-15-13-7-9-21-16(13)6-8-19(15)17(20)12-4-5-14(18)11(2)10-12/h4-5,7,9-10,15H,3,6,8H2,1-2H3. The Morgan fingerprint density at radius 2 is 2.24 bits per heavy atom. The number of halogens is 1. The Bertz CT molecular complexity index is 679. The molecule has 2 heterocycles. The number of fused-ring (bicyclic) bond motifs is 1. The Kier molecular flexibility index (Phi) is 4.18. The summed E-state index contributed by atoms with van der Waals surface area (Å²) in [6.45, 7) is 5.00. The van der Waals surface area contributed by atoms with Crippen LogP contribution in [0.4, 0.5) is 0 Å². The Balaban J connectivity index is 1.92. The number of aryl methyl sites for hydroxylation is 1. The van der Waals surface area contributed by atoms with E-state index in [0.717, 1.165) is 35.0 Å². The maximum Gasteiger partial charge on any atom is 0.254 e. The normalized spacial score (nSPS) is 17.7. The maximum atomic E-state index is 12.9. The molecule has 0 bridgehead atoms. The van der Waals surface area contributed by atoms with Crippen molar-refractivity contribution in [1.82, 2.24) is 4.90 Å². The number of benzene rings is 1. The van der Waals surface area contributed by atoms with Crippen LogP contribution in [0.2, 0.25) is 0 Å². The van der Waals surface area contributed by atoms with Crippen molar-refractivity contribution in [2.24, 2.45) is 0 Å². The summed E-state index contributed by atoms with van der Waals surface area (Å²) in [7, 11) is 0. The molecule has 1 aromatic heterocycles. The van der Waals surface area contributed by atoms with Gasteiger partial charge in [0.1, 0.15) is 0 Å². The van der Waals surface area contributed by atoms with Gasteiger partial charge in [0.2, 0.25) is 0 Å². The van der Waals surface area contributed by atoms with E-state index in [2.05, 4.69) is 34.3 Å². The lowest BCUT2D eigenvalue weighted by Gasteiger charge is -2.35. The van der Waals surface area contributed by atoms with Crippen LogP contribution in [-0.2, 0) is 6.42 Å². The second-order valence-corrected chi connectivity index (χ2v) is 7.29. The highest BCUT2D eigenvalue weighted by molar-refractivity contribution is 9.10. The van der Waals surface area contributed by atoms with Crippen molar-refractivity contribution < 1.29 is 4.79 Å². The fraction of sp³-hybridized carbons (Fsp3) is 0.353. The highest BCUT2D eigenvalue weighted by atomic mass is 79.9. The zero-order valence-corrected chi connectivity index (χ0v) is 14.6. The number of carbonyl (C=O) groups is 1. The van der Waals surface area contributed by atoms with Crippen LogP contribution in [-0.4, -0.2) is 17.4 Å². The predicted molar refractivity (Wildman–Crippen MR) is 91.0 cm³/mol. The average molecular weight is 364 g/mol. The molecule has 0 radical (unpaired) electrons. The summed E-state index contributed by atoms with van der Waals surface area (Å²) in [6, 6.07) is 8.25. The monoisotopic (exact) mass is 363 g/mol. The fourth-order valence-corrected chi connectivity index (χ4v) is 4.20. The molecule has 1 aliphatic rings. The fourth-order valence-electron chi connectivity index (χ4n) is 3.02. The number of rotatable bonds is 2. The summed E-state index contributed by atoms with van der Waals surface area (Å²) in [5.74, 6) is 0.148. The third kappa shape index (κ3) is 2.67. The molecule has 0 fully saturated rings. The number of carbonyl (C=O) groups excluding carboxylic acids is 1. The van der Waals surface area contributed by atoms with Crippen LogP contribution in [0.1, 0.15) is 45.7 Å². The highest BCUT2D eigenvalue weighted by Crippen LogP contribution is 2.36. The Morgan fingerprint density at radius 1 is 1.43 bits per heavy atom. The summed E-state index contributed by atoms with van der Waals surface area (Å²) in [4.78, 5) is 16.4. The number of hydrogen-bond donors (Lipinski definition) is 0. The molecule has 4 heteroatoms. The van der Waals surface area contributed by atoms with Gasteiger partial charge in [-0.25, -0.2) is 0 Å². The quantitative estimate of drug-likeness (QED) is 0.737. The van der Waals surface area contributed by atoms with Crippen molar-refractivity contribution >= 4 is 33.2 Å². The largest absolute Gasteiger partial charge is 0.331 e. The zero-order chi connectivity index (χ0) is 15.0. The third-order valence-electron chi connectivity index (χ3n) is 4.15. The lowest BCUT2D eigenvalue weighted by molar-refractivity contribution is 0.0657. The minimum atomic E-state index is 0.148. The molecule has 21 heavy (non-hydrogen) atoms. The minimum absolute atomic E-state index is 0.148. The van der Waals surface area contributed by atoms with E-state index in [1.807, 2.05) is 41.4 Å². The van der Waals surface area contributed by atoms with Crippen molar-refractivity contribution in [3.63, 3.8) is 0 Å². The van der Waals surface area contributed by atoms with Crippen molar-refractivity contribution in [2.45, 2.75) is 32.7 Å². The smallest absolute Gasteiger partial charge is 0.254 e. The lowest BCUT2D eigenvalue weighted by atomic mass is 9.96. The third-order valence-corrected chi connectivity index (χ3v) is 6.03. The molecule has 3 rings (SSSR count). The summed E-state index contributed by atoms with van der Waals surface area (Å²) >= 11 is 5.31. The molecule has 2 aromatic rings. The zero-order valence-electron chi connectivity index (χ0n) is 12.2. The van der Waals surface area contributed by atoms with E-state index in [4.69, 9.17) is 0 Å². The van der Waals surface area contributed by atoms with Crippen LogP contribution in [0.25, 0.3) is 0 Å². The van der Waals surface area contributed by atoms with E-state index in [1.165, 1.54) is 10.4 Å². The number of thiophene rings is 1. The van der Waals surface area contributed by atoms with Crippen LogP contribution in [0.5, 0.6) is 0 Å². The summed E-state index contributed by atoms with van der Waals surface area (Å²) < 4.78 is 1.05. The van der Waals surface area contributed by atoms with Gasteiger partial charge in [0.15, 0.2) is 0 Å². The first-order valence-electron chi connectivity index (χ1n) is 7.25. The van der Waals surface area contributed by atoms with Crippen LogP contribution in [0.3, 0.4) is 0 Å². The molecule has 110 valence electrons. The number of nitrogens with zero attached hydrogens (tertiary/aromatic N) is 1. The molecule has 2 nitrogen and oxygen atoms in total. The average Bonchev–Trinajstić information content (AvgIpc) is 2.96. The first kappa shape index (κ1) is 14.8. The number of amides is 1. The van der Waals surface area contributed by atoms with Crippen LogP contribution >= 0.6 is 27.3 Å². The number of hydrogen-bond acceptors (Lipinski definition) is 2. The summed E-state index contributed by atoms with van der Waals surface area (Å²) in [5, 5.41) is 2.14. The lowest BCUT2D eigenvalue weighted by Crippen LogP contribution is -2.39. The summed E-state index contributed by atoms with van der Waals surface area (Å²) in [5.41, 5.74) is 3.23. The van der Waals surface area contributed by atoms with Crippen molar-refractivity contribution in [3.05, 3.63) is 55.7 Å². The molecule has 0 spiro atoms. The van der Waals surface area contributed by atoms with Gasteiger partial charge in [0, 0.05) is 21.5 Å². The second kappa shape index (κ2) is 5.93. The highest BCUT2D eigenvalue weighted by Gasteiger charge is 2.30. The molecule has 0 aliphatic carbocycles. The van der Waals surface area contributed by atoms with Gasteiger partial charge in [0.05, 0.1) is 6.04 Å². The SMILES string of the molecule is CCC1c2ccsc2CCN1C(=O)c1ccc(Br)c(C)c1. The topological polar surface area (TPSA) is 20.3 Å².